The predicted molar refractivity (Wildman–Crippen MR) is 69.2 cm³/mol. The molecule has 1 atom stereocenters. The van der Waals surface area contributed by atoms with Crippen molar-refractivity contribution < 1.29 is 4.90 Å². The molecule has 0 spiro atoms. The van der Waals surface area contributed by atoms with Gasteiger partial charge in [-0.1, -0.05) is 34.6 Å². The van der Waals surface area contributed by atoms with Gasteiger partial charge in [0, 0.05) is 17.6 Å². The standard InChI is InChI=1S/C12H24N2S/c1-11(2,3)8-12(4,5)9-14-7-6-13-10(14)15/h6-9H2,1-5H3,(H,13,15)/p+1. The molecule has 3 heteroatoms. The van der Waals surface area contributed by atoms with Crippen molar-refractivity contribution in [3.8, 4) is 0 Å². The topological polar surface area (TPSA) is 16.5 Å². The van der Waals surface area contributed by atoms with E-state index >= 15 is 0 Å². The molecular weight excluding hydrogens is 204 g/mol. The van der Waals surface area contributed by atoms with Crippen LogP contribution in [0, 0.1) is 10.8 Å². The molecule has 1 fully saturated rings. The Balaban J connectivity index is 2.52. The molecule has 15 heavy (non-hydrogen) atoms. The van der Waals surface area contributed by atoms with E-state index < -0.39 is 0 Å². The Bertz CT molecular complexity index is 240. The monoisotopic (exact) mass is 229 g/mol. The largest absolute Gasteiger partial charge is 0.326 e. The first-order valence-electron chi connectivity index (χ1n) is 5.83. The Morgan fingerprint density at radius 2 is 1.87 bits per heavy atom. The number of hydrogen-bond acceptors (Lipinski definition) is 1. The maximum absolute atomic E-state index is 5.30. The van der Waals surface area contributed by atoms with Crippen LogP contribution in [0.5, 0.6) is 0 Å². The van der Waals surface area contributed by atoms with E-state index in [0.717, 1.165) is 24.7 Å². The summed E-state index contributed by atoms with van der Waals surface area (Å²) in [7, 11) is 0. The maximum Gasteiger partial charge on any atom is 0.268 e. The Kier molecular flexibility index (Phi) is 3.77. The van der Waals surface area contributed by atoms with Gasteiger partial charge in [0.25, 0.3) is 5.11 Å². The van der Waals surface area contributed by atoms with Crippen LogP contribution in [0.4, 0.5) is 0 Å². The van der Waals surface area contributed by atoms with Crippen molar-refractivity contribution in [1.82, 2.24) is 5.32 Å². The third-order valence-corrected chi connectivity index (χ3v) is 3.17. The molecule has 1 heterocycles. The lowest BCUT2D eigenvalue weighted by atomic mass is 9.76. The Hall–Kier alpha value is -0.150. The third-order valence-electron chi connectivity index (χ3n) is 2.73. The van der Waals surface area contributed by atoms with Gasteiger partial charge in [-0.2, -0.15) is 0 Å². The van der Waals surface area contributed by atoms with Gasteiger partial charge in [-0.25, -0.2) is 0 Å². The minimum Gasteiger partial charge on any atom is -0.326 e. The molecule has 88 valence electrons. The molecule has 1 aliphatic heterocycles. The number of rotatable bonds is 3. The second-order valence-corrected chi connectivity index (χ2v) is 7.10. The molecule has 1 saturated heterocycles. The van der Waals surface area contributed by atoms with Crippen LogP contribution < -0.4 is 10.2 Å². The van der Waals surface area contributed by atoms with Gasteiger partial charge in [-0.05, 0) is 11.8 Å². The maximum atomic E-state index is 5.30. The highest BCUT2D eigenvalue weighted by Crippen LogP contribution is 2.31. The van der Waals surface area contributed by atoms with Crippen LogP contribution in [-0.2, 0) is 0 Å². The van der Waals surface area contributed by atoms with Crippen LogP contribution in [0.2, 0.25) is 0 Å². The first-order valence-corrected chi connectivity index (χ1v) is 6.23. The second-order valence-electron chi connectivity index (χ2n) is 6.69. The summed E-state index contributed by atoms with van der Waals surface area (Å²) in [5, 5.41) is 4.26. The highest BCUT2D eigenvalue weighted by Gasteiger charge is 2.33. The Labute approximate surface area is 99.4 Å². The molecule has 0 aromatic carbocycles. The Morgan fingerprint density at radius 1 is 1.27 bits per heavy atom. The van der Waals surface area contributed by atoms with Gasteiger partial charge in [0.05, 0.1) is 13.1 Å². The van der Waals surface area contributed by atoms with E-state index in [1.54, 1.807) is 0 Å². The van der Waals surface area contributed by atoms with E-state index in [1.807, 2.05) is 0 Å². The summed E-state index contributed by atoms with van der Waals surface area (Å²) in [6, 6.07) is 0. The molecule has 2 nitrogen and oxygen atoms in total. The van der Waals surface area contributed by atoms with Crippen molar-refractivity contribution in [3.05, 3.63) is 0 Å². The SMILES string of the molecule is CC(C)(C)CC(C)(C)C[NH+]1CCNC1=S. The van der Waals surface area contributed by atoms with Crippen LogP contribution >= 0.6 is 12.2 Å². The molecule has 0 aliphatic carbocycles. The third kappa shape index (κ3) is 4.47. The Morgan fingerprint density at radius 3 is 2.27 bits per heavy atom. The fourth-order valence-electron chi connectivity index (χ4n) is 2.81. The molecule has 1 rings (SSSR count). The molecule has 0 amide bonds. The van der Waals surface area contributed by atoms with Crippen LogP contribution in [0.25, 0.3) is 0 Å². The first-order chi connectivity index (χ1) is 6.70. The lowest BCUT2D eigenvalue weighted by Crippen LogP contribution is -3.14. The molecule has 1 aliphatic rings. The van der Waals surface area contributed by atoms with E-state index in [0.29, 0.717) is 10.8 Å². The average molecular weight is 229 g/mol. The summed E-state index contributed by atoms with van der Waals surface area (Å²) in [6.45, 7) is 15.0. The zero-order valence-corrected chi connectivity index (χ0v) is 11.6. The molecule has 1 unspecified atom stereocenters. The predicted octanol–water partition coefficient (Wildman–Crippen LogP) is 1.22. The van der Waals surface area contributed by atoms with Crippen LogP contribution in [0.15, 0.2) is 0 Å². The van der Waals surface area contributed by atoms with Crippen LogP contribution in [-0.4, -0.2) is 24.7 Å². The lowest BCUT2D eigenvalue weighted by Gasteiger charge is -2.33. The zero-order valence-electron chi connectivity index (χ0n) is 10.7. The average Bonchev–Trinajstić information content (AvgIpc) is 2.29. The van der Waals surface area contributed by atoms with Crippen molar-refractivity contribution in [1.29, 1.82) is 0 Å². The van der Waals surface area contributed by atoms with E-state index in [4.69, 9.17) is 12.2 Å². The highest BCUT2D eigenvalue weighted by molar-refractivity contribution is 7.79. The summed E-state index contributed by atoms with van der Waals surface area (Å²) < 4.78 is 0. The van der Waals surface area contributed by atoms with Crippen molar-refractivity contribution in [2.24, 2.45) is 10.8 Å². The molecule has 0 saturated carbocycles. The van der Waals surface area contributed by atoms with Gasteiger partial charge in [0.1, 0.15) is 6.54 Å². The smallest absolute Gasteiger partial charge is 0.268 e. The quantitative estimate of drug-likeness (QED) is 0.708. The second kappa shape index (κ2) is 4.38. The summed E-state index contributed by atoms with van der Waals surface area (Å²) in [6.07, 6.45) is 1.24. The molecule has 0 bridgehead atoms. The van der Waals surface area contributed by atoms with Gasteiger partial charge in [-0.15, -0.1) is 0 Å². The molecule has 0 radical (unpaired) electrons. The fourth-order valence-corrected chi connectivity index (χ4v) is 3.09. The van der Waals surface area contributed by atoms with Gasteiger partial charge >= 0.3 is 0 Å². The first kappa shape index (κ1) is 12.9. The van der Waals surface area contributed by atoms with E-state index in [1.165, 1.54) is 11.3 Å². The minimum absolute atomic E-state index is 0.365. The van der Waals surface area contributed by atoms with Crippen LogP contribution in [0.1, 0.15) is 41.0 Å². The molecule has 2 N–H and O–H groups in total. The van der Waals surface area contributed by atoms with Gasteiger partial charge in [0.2, 0.25) is 0 Å². The van der Waals surface area contributed by atoms with E-state index in [9.17, 15) is 0 Å². The van der Waals surface area contributed by atoms with Crippen molar-refractivity contribution in [2.75, 3.05) is 19.6 Å². The normalized spacial score (nSPS) is 23.0. The number of quaternary nitrogens is 1. The van der Waals surface area contributed by atoms with E-state index in [2.05, 4.69) is 39.9 Å². The number of thiocarbonyl (C=S) groups is 1. The minimum atomic E-state index is 0.365. The molecule has 0 aromatic heterocycles. The summed E-state index contributed by atoms with van der Waals surface area (Å²) >= 11 is 5.30. The highest BCUT2D eigenvalue weighted by atomic mass is 32.1. The number of hydrogen-bond donors (Lipinski definition) is 2. The molecular formula is C12H25N2S+. The number of nitrogens with one attached hydrogen (secondary N) is 2. The summed E-state index contributed by atoms with van der Waals surface area (Å²) in [4.78, 5) is 1.46. The van der Waals surface area contributed by atoms with Gasteiger partial charge < -0.3 is 5.32 Å². The van der Waals surface area contributed by atoms with Gasteiger partial charge in [0.15, 0.2) is 0 Å². The summed E-state index contributed by atoms with van der Waals surface area (Å²) in [5.74, 6) is 0. The van der Waals surface area contributed by atoms with Crippen molar-refractivity contribution >= 4 is 17.3 Å². The zero-order chi connectivity index (χ0) is 11.7. The fraction of sp³-hybridized carbons (Fsp3) is 0.917. The van der Waals surface area contributed by atoms with Crippen LogP contribution in [0.3, 0.4) is 0 Å². The van der Waals surface area contributed by atoms with Crippen molar-refractivity contribution in [3.63, 3.8) is 0 Å². The summed E-state index contributed by atoms with van der Waals surface area (Å²) in [5.41, 5.74) is 0.765. The van der Waals surface area contributed by atoms with Crippen molar-refractivity contribution in [2.45, 2.75) is 41.0 Å². The van der Waals surface area contributed by atoms with E-state index in [-0.39, 0.29) is 0 Å². The van der Waals surface area contributed by atoms with Gasteiger partial charge in [-0.3, -0.25) is 4.90 Å². The lowest BCUT2D eigenvalue weighted by molar-refractivity contribution is -0.803. The molecule has 0 aromatic rings.